The molecule has 0 atom stereocenters. The Morgan fingerprint density at radius 2 is 2.38 bits per heavy atom. The topological polar surface area (TPSA) is 65.2 Å². The highest BCUT2D eigenvalue weighted by Gasteiger charge is 2.10. The lowest BCUT2D eigenvalue weighted by atomic mass is 10.3. The molecule has 13 heavy (non-hydrogen) atoms. The predicted octanol–water partition coefficient (Wildman–Crippen LogP) is 1.74. The maximum Gasteiger partial charge on any atom is 0.312 e. The minimum Gasteiger partial charge on any atom is -0.406 e. The van der Waals surface area contributed by atoms with Gasteiger partial charge in [0.2, 0.25) is 5.88 Å². The molecule has 4 nitrogen and oxygen atoms in total. The molecule has 0 fully saturated rings. The van der Waals surface area contributed by atoms with Gasteiger partial charge in [-0.3, -0.25) is 4.79 Å². The average molecular weight is 200 g/mol. The third-order valence-corrected chi connectivity index (χ3v) is 2.22. The van der Waals surface area contributed by atoms with Crippen molar-refractivity contribution in [2.75, 3.05) is 5.73 Å². The first-order valence-electron chi connectivity index (χ1n) is 4.07. The van der Waals surface area contributed by atoms with Gasteiger partial charge < -0.3 is 10.5 Å². The molecule has 0 saturated carbocycles. The molecule has 0 aliphatic carbocycles. The van der Waals surface area contributed by atoms with Gasteiger partial charge in [0.05, 0.1) is 4.88 Å². The summed E-state index contributed by atoms with van der Waals surface area (Å²) in [5, 5.41) is 0.428. The van der Waals surface area contributed by atoms with Crippen LogP contribution in [-0.2, 0) is 4.79 Å². The van der Waals surface area contributed by atoms with Crippen LogP contribution in [0.1, 0.15) is 24.6 Å². The Morgan fingerprint density at radius 1 is 1.69 bits per heavy atom. The number of hydrogen-bond donors (Lipinski definition) is 1. The molecule has 0 aliphatic heterocycles. The predicted molar refractivity (Wildman–Crippen MR) is 51.8 cm³/mol. The Morgan fingerprint density at radius 3 is 2.85 bits per heavy atom. The number of ether oxygens (including phenoxy) is 1. The molecular formula is C8H12N2O2S. The zero-order valence-electron chi connectivity index (χ0n) is 7.66. The highest BCUT2D eigenvalue weighted by molar-refractivity contribution is 7.15. The van der Waals surface area contributed by atoms with Crippen molar-refractivity contribution in [3.8, 4) is 5.88 Å². The molecular weight excluding hydrogens is 188 g/mol. The van der Waals surface area contributed by atoms with Crippen molar-refractivity contribution in [1.29, 1.82) is 0 Å². The smallest absolute Gasteiger partial charge is 0.312 e. The second kappa shape index (κ2) is 4.23. The Kier molecular flexibility index (Phi) is 3.25. The van der Waals surface area contributed by atoms with Crippen LogP contribution in [0.2, 0.25) is 0 Å². The van der Waals surface area contributed by atoms with E-state index < -0.39 is 0 Å². The second-order valence-electron chi connectivity index (χ2n) is 2.64. The number of anilines is 1. The molecule has 72 valence electrons. The maximum atomic E-state index is 11.1. The van der Waals surface area contributed by atoms with Gasteiger partial charge in [0.1, 0.15) is 0 Å². The van der Waals surface area contributed by atoms with Gasteiger partial charge in [-0.2, -0.15) is 4.98 Å². The van der Waals surface area contributed by atoms with Crippen LogP contribution in [0.5, 0.6) is 5.88 Å². The zero-order valence-corrected chi connectivity index (χ0v) is 8.48. The van der Waals surface area contributed by atoms with Gasteiger partial charge >= 0.3 is 5.97 Å². The summed E-state index contributed by atoms with van der Waals surface area (Å²) in [4.78, 5) is 15.8. The van der Waals surface area contributed by atoms with Gasteiger partial charge in [-0.15, -0.1) is 0 Å². The molecule has 1 aromatic heterocycles. The minimum absolute atomic E-state index is 0.254. The van der Waals surface area contributed by atoms with Gasteiger partial charge in [-0.05, 0) is 13.3 Å². The van der Waals surface area contributed by atoms with E-state index in [1.165, 1.54) is 11.3 Å². The molecule has 0 saturated heterocycles. The maximum absolute atomic E-state index is 11.1. The third kappa shape index (κ3) is 2.69. The standard InChI is InChI=1S/C8H12N2O2S/c1-3-4-6(11)12-7-5(2)13-8(9)10-7/h3-4H2,1-2H3,(H2,9,10). The summed E-state index contributed by atoms with van der Waals surface area (Å²) in [5.41, 5.74) is 5.45. The third-order valence-electron chi connectivity index (χ3n) is 1.44. The number of nitrogen functional groups attached to an aromatic ring is 1. The van der Waals surface area contributed by atoms with Crippen LogP contribution in [-0.4, -0.2) is 11.0 Å². The van der Waals surface area contributed by atoms with Crippen LogP contribution in [0, 0.1) is 6.92 Å². The number of thiazole rings is 1. The van der Waals surface area contributed by atoms with E-state index in [4.69, 9.17) is 10.5 Å². The number of carbonyl (C=O) groups excluding carboxylic acids is 1. The molecule has 0 aliphatic rings. The van der Waals surface area contributed by atoms with E-state index in [0.29, 0.717) is 17.4 Å². The highest BCUT2D eigenvalue weighted by atomic mass is 32.1. The molecule has 0 bridgehead atoms. The number of carbonyl (C=O) groups is 1. The summed E-state index contributed by atoms with van der Waals surface area (Å²) in [6.45, 7) is 3.74. The monoisotopic (exact) mass is 200 g/mol. The first kappa shape index (κ1) is 9.98. The van der Waals surface area contributed by atoms with E-state index >= 15 is 0 Å². The number of aromatic nitrogens is 1. The number of nitrogens with two attached hydrogens (primary N) is 1. The SMILES string of the molecule is CCCC(=O)Oc1nc(N)sc1C. The highest BCUT2D eigenvalue weighted by Crippen LogP contribution is 2.25. The fourth-order valence-electron chi connectivity index (χ4n) is 0.860. The van der Waals surface area contributed by atoms with Crippen molar-refractivity contribution < 1.29 is 9.53 Å². The van der Waals surface area contributed by atoms with Gasteiger partial charge in [-0.25, -0.2) is 0 Å². The van der Waals surface area contributed by atoms with Crippen molar-refractivity contribution in [1.82, 2.24) is 4.98 Å². The molecule has 5 heteroatoms. The molecule has 1 aromatic rings. The summed E-state index contributed by atoms with van der Waals surface area (Å²) in [7, 11) is 0. The van der Waals surface area contributed by atoms with E-state index in [0.717, 1.165) is 11.3 Å². The lowest BCUT2D eigenvalue weighted by molar-refractivity contribution is -0.134. The normalized spacial score (nSPS) is 10.0. The number of aryl methyl sites for hydroxylation is 1. The van der Waals surface area contributed by atoms with Gasteiger partial charge in [0, 0.05) is 6.42 Å². The zero-order chi connectivity index (χ0) is 9.84. The van der Waals surface area contributed by atoms with Crippen LogP contribution in [0.25, 0.3) is 0 Å². The number of esters is 1. The summed E-state index contributed by atoms with van der Waals surface area (Å²) in [5.74, 6) is 0.0943. The van der Waals surface area contributed by atoms with E-state index in [1.54, 1.807) is 0 Å². The van der Waals surface area contributed by atoms with Crippen LogP contribution in [0.15, 0.2) is 0 Å². The number of nitrogens with zero attached hydrogens (tertiary/aromatic N) is 1. The fraction of sp³-hybridized carbons (Fsp3) is 0.500. The lowest BCUT2D eigenvalue weighted by Crippen LogP contribution is -2.07. The van der Waals surface area contributed by atoms with Crippen LogP contribution < -0.4 is 10.5 Å². The second-order valence-corrected chi connectivity index (χ2v) is 3.87. The molecule has 0 aromatic carbocycles. The first-order valence-corrected chi connectivity index (χ1v) is 4.88. The number of hydrogen-bond acceptors (Lipinski definition) is 5. The molecule has 2 N–H and O–H groups in total. The summed E-state index contributed by atoms with van der Waals surface area (Å²) in [6.07, 6.45) is 1.19. The summed E-state index contributed by atoms with van der Waals surface area (Å²) in [6, 6.07) is 0. The van der Waals surface area contributed by atoms with Crippen molar-refractivity contribution >= 4 is 22.4 Å². The van der Waals surface area contributed by atoms with Gasteiger partial charge in [0.15, 0.2) is 5.13 Å². The lowest BCUT2D eigenvalue weighted by Gasteiger charge is -1.99. The Hall–Kier alpha value is -1.10. The molecule has 0 radical (unpaired) electrons. The molecule has 1 rings (SSSR count). The van der Waals surface area contributed by atoms with E-state index in [9.17, 15) is 4.79 Å². The van der Waals surface area contributed by atoms with E-state index in [2.05, 4.69) is 4.98 Å². The van der Waals surface area contributed by atoms with Gasteiger partial charge in [-0.1, -0.05) is 18.3 Å². The Balaban J connectivity index is 2.63. The van der Waals surface area contributed by atoms with Crippen molar-refractivity contribution in [3.63, 3.8) is 0 Å². The van der Waals surface area contributed by atoms with Crippen molar-refractivity contribution in [3.05, 3.63) is 4.88 Å². The molecule has 0 amide bonds. The Labute approximate surface area is 80.7 Å². The molecule has 0 spiro atoms. The van der Waals surface area contributed by atoms with Crippen LogP contribution in [0.4, 0.5) is 5.13 Å². The number of rotatable bonds is 3. The van der Waals surface area contributed by atoms with Crippen LogP contribution in [0.3, 0.4) is 0 Å². The van der Waals surface area contributed by atoms with Crippen LogP contribution >= 0.6 is 11.3 Å². The van der Waals surface area contributed by atoms with Crippen molar-refractivity contribution in [2.24, 2.45) is 0 Å². The quantitative estimate of drug-likeness (QED) is 0.755. The summed E-state index contributed by atoms with van der Waals surface area (Å²) >= 11 is 1.32. The summed E-state index contributed by atoms with van der Waals surface area (Å²) < 4.78 is 4.99. The minimum atomic E-state index is -0.254. The average Bonchev–Trinajstić information content (AvgIpc) is 2.30. The van der Waals surface area contributed by atoms with E-state index in [-0.39, 0.29) is 5.97 Å². The van der Waals surface area contributed by atoms with E-state index in [1.807, 2.05) is 13.8 Å². The fourth-order valence-corrected chi connectivity index (χ4v) is 1.48. The molecule has 1 heterocycles. The Bertz CT molecular complexity index is 309. The first-order chi connectivity index (χ1) is 6.13. The largest absolute Gasteiger partial charge is 0.406 e. The van der Waals surface area contributed by atoms with Gasteiger partial charge in [0.25, 0.3) is 0 Å². The molecule has 0 unspecified atom stereocenters. The van der Waals surface area contributed by atoms with Crippen molar-refractivity contribution in [2.45, 2.75) is 26.7 Å².